The van der Waals surface area contributed by atoms with E-state index in [0.717, 1.165) is 13.0 Å². The van der Waals surface area contributed by atoms with Crippen LogP contribution in [-0.4, -0.2) is 24.9 Å². The third-order valence-electron chi connectivity index (χ3n) is 3.76. The zero-order chi connectivity index (χ0) is 14.0. The van der Waals surface area contributed by atoms with Crippen LogP contribution in [0.15, 0.2) is 18.2 Å². The lowest BCUT2D eigenvalue weighted by atomic mass is 9.88. The van der Waals surface area contributed by atoms with Crippen LogP contribution in [0.2, 0.25) is 0 Å². The van der Waals surface area contributed by atoms with E-state index in [1.54, 1.807) is 25.1 Å². The number of carbonyl (C=O) groups excluding carboxylic acids is 2. The molecule has 1 aromatic rings. The van der Waals surface area contributed by atoms with Gasteiger partial charge in [-0.2, -0.15) is 0 Å². The summed E-state index contributed by atoms with van der Waals surface area (Å²) in [6.07, 6.45) is 0.813. The van der Waals surface area contributed by atoms with Gasteiger partial charge in [-0.05, 0) is 44.5 Å². The molecular weight excluding hydrogens is 242 g/mol. The van der Waals surface area contributed by atoms with E-state index in [0.29, 0.717) is 23.4 Å². The first-order valence-electron chi connectivity index (χ1n) is 6.36. The predicted molar refractivity (Wildman–Crippen MR) is 73.9 cm³/mol. The number of primary amides is 1. The molecule has 0 radical (unpaired) electrons. The van der Waals surface area contributed by atoms with Crippen LogP contribution in [0, 0.1) is 12.3 Å². The average Bonchev–Trinajstić information content (AvgIpc) is 2.80. The quantitative estimate of drug-likeness (QED) is 0.760. The number of carbonyl (C=O) groups is 2. The number of nitrogens with two attached hydrogens (primary N) is 1. The highest BCUT2D eigenvalue weighted by Crippen LogP contribution is 2.27. The van der Waals surface area contributed by atoms with Crippen molar-refractivity contribution >= 4 is 17.5 Å². The molecule has 1 fully saturated rings. The monoisotopic (exact) mass is 261 g/mol. The summed E-state index contributed by atoms with van der Waals surface area (Å²) in [4.78, 5) is 23.6. The molecule has 102 valence electrons. The molecule has 1 aliphatic rings. The maximum absolute atomic E-state index is 12.3. The van der Waals surface area contributed by atoms with Gasteiger partial charge in [0.1, 0.15) is 0 Å². The molecular formula is C14H19N3O2. The summed E-state index contributed by atoms with van der Waals surface area (Å²) in [6.45, 7) is 5.25. The molecule has 0 aromatic heterocycles. The Morgan fingerprint density at radius 1 is 1.42 bits per heavy atom. The third kappa shape index (κ3) is 2.61. The highest BCUT2D eigenvalue weighted by Gasteiger charge is 2.36. The molecule has 2 amide bonds. The van der Waals surface area contributed by atoms with Crippen LogP contribution < -0.4 is 16.4 Å². The largest absolute Gasteiger partial charge is 0.366 e. The molecule has 1 aromatic carbocycles. The summed E-state index contributed by atoms with van der Waals surface area (Å²) in [7, 11) is 0. The van der Waals surface area contributed by atoms with Gasteiger partial charge in [-0.1, -0.05) is 6.07 Å². The smallest absolute Gasteiger partial charge is 0.249 e. The van der Waals surface area contributed by atoms with Crippen molar-refractivity contribution in [1.82, 2.24) is 5.32 Å². The number of hydrogen-bond acceptors (Lipinski definition) is 3. The molecule has 1 atom stereocenters. The van der Waals surface area contributed by atoms with Crippen LogP contribution in [0.1, 0.15) is 29.3 Å². The van der Waals surface area contributed by atoms with Gasteiger partial charge in [0, 0.05) is 17.8 Å². The summed E-state index contributed by atoms with van der Waals surface area (Å²) in [5, 5.41) is 6.09. The van der Waals surface area contributed by atoms with E-state index in [-0.39, 0.29) is 5.91 Å². The van der Waals surface area contributed by atoms with Crippen molar-refractivity contribution in [3.05, 3.63) is 29.3 Å². The van der Waals surface area contributed by atoms with Gasteiger partial charge in [0.15, 0.2) is 0 Å². The van der Waals surface area contributed by atoms with Crippen molar-refractivity contribution in [2.45, 2.75) is 20.3 Å². The van der Waals surface area contributed by atoms with Crippen molar-refractivity contribution in [2.24, 2.45) is 11.1 Å². The second-order valence-corrected chi connectivity index (χ2v) is 5.28. The van der Waals surface area contributed by atoms with Gasteiger partial charge in [-0.25, -0.2) is 0 Å². The molecule has 2 rings (SSSR count). The van der Waals surface area contributed by atoms with Crippen LogP contribution >= 0.6 is 0 Å². The Hall–Kier alpha value is -1.88. The third-order valence-corrected chi connectivity index (χ3v) is 3.76. The molecule has 5 nitrogen and oxygen atoms in total. The Kier molecular flexibility index (Phi) is 3.57. The normalized spacial score (nSPS) is 22.2. The van der Waals surface area contributed by atoms with Crippen LogP contribution in [0.4, 0.5) is 5.69 Å². The first-order valence-corrected chi connectivity index (χ1v) is 6.36. The highest BCUT2D eigenvalue weighted by atomic mass is 16.2. The van der Waals surface area contributed by atoms with E-state index in [2.05, 4.69) is 10.6 Å². The zero-order valence-electron chi connectivity index (χ0n) is 11.2. The summed E-state index contributed by atoms with van der Waals surface area (Å²) in [6, 6.07) is 5.16. The maximum atomic E-state index is 12.3. The highest BCUT2D eigenvalue weighted by molar-refractivity contribution is 6.00. The summed E-state index contributed by atoms with van der Waals surface area (Å²) in [5.41, 5.74) is 6.70. The van der Waals surface area contributed by atoms with E-state index < -0.39 is 11.3 Å². The molecule has 1 aliphatic heterocycles. The van der Waals surface area contributed by atoms with Gasteiger partial charge >= 0.3 is 0 Å². The van der Waals surface area contributed by atoms with Crippen LogP contribution in [0.3, 0.4) is 0 Å². The second kappa shape index (κ2) is 5.01. The molecule has 1 saturated heterocycles. The maximum Gasteiger partial charge on any atom is 0.249 e. The lowest BCUT2D eigenvalue weighted by Crippen LogP contribution is -2.35. The number of amides is 2. The first-order chi connectivity index (χ1) is 8.94. The number of nitrogens with one attached hydrogen (secondary N) is 2. The zero-order valence-corrected chi connectivity index (χ0v) is 11.2. The molecule has 5 heteroatoms. The number of rotatable bonds is 3. The average molecular weight is 261 g/mol. The van der Waals surface area contributed by atoms with E-state index in [1.807, 2.05) is 6.92 Å². The molecule has 0 saturated carbocycles. The summed E-state index contributed by atoms with van der Waals surface area (Å²) >= 11 is 0. The second-order valence-electron chi connectivity index (χ2n) is 5.28. The van der Waals surface area contributed by atoms with Gasteiger partial charge in [0.25, 0.3) is 0 Å². The Morgan fingerprint density at radius 3 is 2.74 bits per heavy atom. The molecule has 0 spiro atoms. The van der Waals surface area contributed by atoms with Crippen molar-refractivity contribution in [3.8, 4) is 0 Å². The van der Waals surface area contributed by atoms with E-state index >= 15 is 0 Å². The Bertz CT molecular complexity index is 519. The van der Waals surface area contributed by atoms with Gasteiger partial charge in [0.2, 0.25) is 11.8 Å². The summed E-state index contributed by atoms with van der Waals surface area (Å²) < 4.78 is 0. The van der Waals surface area contributed by atoms with Gasteiger partial charge < -0.3 is 16.4 Å². The fourth-order valence-corrected chi connectivity index (χ4v) is 2.32. The Labute approximate surface area is 112 Å². The van der Waals surface area contributed by atoms with E-state index in [4.69, 9.17) is 5.73 Å². The molecule has 19 heavy (non-hydrogen) atoms. The Morgan fingerprint density at radius 2 is 2.16 bits per heavy atom. The van der Waals surface area contributed by atoms with E-state index in [9.17, 15) is 9.59 Å². The molecule has 0 aliphatic carbocycles. The molecule has 4 N–H and O–H groups in total. The standard InChI is InChI=1S/C14H19N3O2/c1-9-10(12(15)18)4-3-5-11(9)17-13(19)14(2)6-7-16-8-14/h3-5,16H,6-8H2,1-2H3,(H2,15,18)(H,17,19). The fourth-order valence-electron chi connectivity index (χ4n) is 2.32. The first kappa shape index (κ1) is 13.5. The number of benzene rings is 1. The predicted octanol–water partition coefficient (Wildman–Crippen LogP) is 1.03. The van der Waals surface area contributed by atoms with Gasteiger partial charge in [-0.3, -0.25) is 9.59 Å². The fraction of sp³-hybridized carbons (Fsp3) is 0.429. The number of hydrogen-bond donors (Lipinski definition) is 3. The van der Waals surface area contributed by atoms with Crippen molar-refractivity contribution < 1.29 is 9.59 Å². The lowest BCUT2D eigenvalue weighted by Gasteiger charge is -2.22. The molecule has 1 unspecified atom stereocenters. The van der Waals surface area contributed by atoms with Gasteiger partial charge in [-0.15, -0.1) is 0 Å². The Balaban J connectivity index is 2.22. The van der Waals surface area contributed by atoms with Crippen LogP contribution in [0.5, 0.6) is 0 Å². The minimum atomic E-state index is -0.484. The van der Waals surface area contributed by atoms with Crippen LogP contribution in [-0.2, 0) is 4.79 Å². The van der Waals surface area contributed by atoms with Crippen LogP contribution in [0.25, 0.3) is 0 Å². The van der Waals surface area contributed by atoms with Crippen molar-refractivity contribution in [2.75, 3.05) is 18.4 Å². The minimum absolute atomic E-state index is 0.0257. The topological polar surface area (TPSA) is 84.2 Å². The van der Waals surface area contributed by atoms with Crippen molar-refractivity contribution in [3.63, 3.8) is 0 Å². The van der Waals surface area contributed by atoms with E-state index in [1.165, 1.54) is 0 Å². The van der Waals surface area contributed by atoms with Crippen molar-refractivity contribution in [1.29, 1.82) is 0 Å². The SMILES string of the molecule is Cc1c(NC(=O)C2(C)CCNC2)cccc1C(N)=O. The summed E-state index contributed by atoms with van der Waals surface area (Å²) in [5.74, 6) is -0.510. The minimum Gasteiger partial charge on any atom is -0.366 e. The molecule has 0 bridgehead atoms. The number of anilines is 1. The lowest BCUT2D eigenvalue weighted by molar-refractivity contribution is -0.123. The molecule has 1 heterocycles. The van der Waals surface area contributed by atoms with Gasteiger partial charge in [0.05, 0.1) is 5.41 Å².